The number of carbonyl (C=O) groups excluding carboxylic acids is 1. The van der Waals surface area contributed by atoms with Crippen molar-refractivity contribution in [1.82, 2.24) is 9.47 Å². The molecule has 2 heterocycles. The van der Waals surface area contributed by atoms with E-state index in [0.717, 1.165) is 13.1 Å². The third kappa shape index (κ3) is 2.05. The van der Waals surface area contributed by atoms with E-state index in [1.807, 2.05) is 30.0 Å². The van der Waals surface area contributed by atoms with Crippen LogP contribution in [0.2, 0.25) is 0 Å². The topological polar surface area (TPSA) is 25.2 Å². The third-order valence-corrected chi connectivity index (χ3v) is 3.78. The minimum Gasteiger partial charge on any atom is -0.348 e. The Balaban J connectivity index is 2.07. The van der Waals surface area contributed by atoms with Crippen molar-refractivity contribution in [2.24, 2.45) is 0 Å². The molecule has 0 spiro atoms. The monoisotopic (exact) mass is 254 g/mol. The fraction of sp³-hybridized carbons (Fsp3) is 0.312. The summed E-state index contributed by atoms with van der Waals surface area (Å²) < 4.78 is 2.25. The smallest absolute Gasteiger partial charge is 0.223 e. The lowest BCUT2D eigenvalue weighted by Crippen LogP contribution is -2.42. The molecule has 1 aliphatic heterocycles. The molecule has 1 aromatic heterocycles. The van der Waals surface area contributed by atoms with Gasteiger partial charge in [-0.1, -0.05) is 37.3 Å². The highest BCUT2D eigenvalue weighted by Crippen LogP contribution is 2.32. The van der Waals surface area contributed by atoms with Gasteiger partial charge in [0.15, 0.2) is 0 Å². The van der Waals surface area contributed by atoms with Crippen molar-refractivity contribution in [2.75, 3.05) is 6.54 Å². The largest absolute Gasteiger partial charge is 0.348 e. The first-order valence-corrected chi connectivity index (χ1v) is 6.80. The molecule has 0 aliphatic carbocycles. The maximum Gasteiger partial charge on any atom is 0.223 e. The maximum atomic E-state index is 12.2. The number of aromatic nitrogens is 1. The molecule has 0 saturated heterocycles. The minimum atomic E-state index is 0.0531. The number of hydrogen-bond donors (Lipinski definition) is 0. The van der Waals surface area contributed by atoms with Crippen molar-refractivity contribution in [3.05, 3.63) is 59.9 Å². The summed E-state index contributed by atoms with van der Waals surface area (Å²) in [7, 11) is 0. The van der Waals surface area contributed by atoms with Crippen LogP contribution in [0, 0.1) is 0 Å². The van der Waals surface area contributed by atoms with Gasteiger partial charge in [0.1, 0.15) is 0 Å². The number of carbonyl (C=O) groups is 1. The molecular formula is C16H18N2O. The molecular weight excluding hydrogens is 236 g/mol. The maximum absolute atomic E-state index is 12.2. The molecule has 3 rings (SSSR count). The highest BCUT2D eigenvalue weighted by molar-refractivity contribution is 5.77. The lowest BCUT2D eigenvalue weighted by molar-refractivity contribution is -0.133. The molecule has 1 aliphatic rings. The van der Waals surface area contributed by atoms with Crippen LogP contribution in [-0.2, 0) is 11.3 Å². The highest BCUT2D eigenvalue weighted by Gasteiger charge is 2.30. The second-order valence-electron chi connectivity index (χ2n) is 4.88. The van der Waals surface area contributed by atoms with E-state index in [9.17, 15) is 4.79 Å². The number of hydrogen-bond acceptors (Lipinski definition) is 1. The van der Waals surface area contributed by atoms with Crippen LogP contribution < -0.4 is 0 Å². The third-order valence-electron chi connectivity index (χ3n) is 3.78. The van der Waals surface area contributed by atoms with Gasteiger partial charge < -0.3 is 9.47 Å². The predicted molar refractivity (Wildman–Crippen MR) is 74.7 cm³/mol. The van der Waals surface area contributed by atoms with Gasteiger partial charge in [-0.25, -0.2) is 0 Å². The zero-order valence-corrected chi connectivity index (χ0v) is 11.1. The second kappa shape index (κ2) is 4.92. The van der Waals surface area contributed by atoms with Gasteiger partial charge >= 0.3 is 0 Å². The molecule has 1 atom stereocenters. The molecule has 1 amide bonds. The van der Waals surface area contributed by atoms with Crippen molar-refractivity contribution in [2.45, 2.75) is 25.9 Å². The van der Waals surface area contributed by atoms with Gasteiger partial charge in [0.25, 0.3) is 0 Å². The number of rotatable bonds is 2. The average molecular weight is 254 g/mol. The van der Waals surface area contributed by atoms with E-state index in [-0.39, 0.29) is 11.9 Å². The van der Waals surface area contributed by atoms with E-state index in [4.69, 9.17) is 0 Å². The SMILES string of the molecule is CCC(=O)N1CCn2cccc2C1c1ccccc1. The molecule has 3 nitrogen and oxygen atoms in total. The molecule has 0 saturated carbocycles. The molecule has 3 heteroatoms. The van der Waals surface area contributed by atoms with E-state index in [0.29, 0.717) is 6.42 Å². The molecule has 1 aromatic carbocycles. The summed E-state index contributed by atoms with van der Waals surface area (Å²) in [4.78, 5) is 14.2. The predicted octanol–water partition coefficient (Wildman–Crippen LogP) is 2.83. The van der Waals surface area contributed by atoms with Gasteiger partial charge in [0.2, 0.25) is 5.91 Å². The molecule has 0 bridgehead atoms. The van der Waals surface area contributed by atoms with Crippen molar-refractivity contribution in [3.8, 4) is 0 Å². The van der Waals surface area contributed by atoms with Crippen molar-refractivity contribution < 1.29 is 4.79 Å². The molecule has 0 fully saturated rings. The molecule has 98 valence electrons. The summed E-state index contributed by atoms with van der Waals surface area (Å²) in [6.07, 6.45) is 2.66. The van der Waals surface area contributed by atoms with E-state index < -0.39 is 0 Å². The summed E-state index contributed by atoms with van der Waals surface area (Å²) in [5.41, 5.74) is 2.39. The van der Waals surface area contributed by atoms with Crippen LogP contribution in [0.3, 0.4) is 0 Å². The van der Waals surface area contributed by atoms with Crippen LogP contribution in [0.1, 0.15) is 30.6 Å². The fourth-order valence-corrected chi connectivity index (χ4v) is 2.84. The zero-order valence-electron chi connectivity index (χ0n) is 11.1. The van der Waals surface area contributed by atoms with E-state index in [2.05, 4.69) is 35.0 Å². The van der Waals surface area contributed by atoms with Crippen molar-refractivity contribution in [3.63, 3.8) is 0 Å². The van der Waals surface area contributed by atoms with Gasteiger partial charge in [-0.2, -0.15) is 0 Å². The quantitative estimate of drug-likeness (QED) is 0.809. The van der Waals surface area contributed by atoms with Gasteiger partial charge in [-0.3, -0.25) is 4.79 Å². The first-order valence-electron chi connectivity index (χ1n) is 6.80. The number of benzene rings is 1. The Morgan fingerprint density at radius 3 is 2.68 bits per heavy atom. The average Bonchev–Trinajstić information content (AvgIpc) is 2.94. The van der Waals surface area contributed by atoms with E-state index in [1.54, 1.807) is 0 Å². The van der Waals surface area contributed by atoms with Crippen LogP contribution >= 0.6 is 0 Å². The Kier molecular flexibility index (Phi) is 3.11. The van der Waals surface area contributed by atoms with E-state index in [1.165, 1.54) is 11.3 Å². The normalized spacial score (nSPS) is 18.2. The first-order chi connectivity index (χ1) is 9.31. The Morgan fingerprint density at radius 1 is 1.16 bits per heavy atom. The summed E-state index contributed by atoms with van der Waals surface area (Å²) in [6, 6.07) is 14.5. The minimum absolute atomic E-state index is 0.0531. The lowest BCUT2D eigenvalue weighted by atomic mass is 9.99. The van der Waals surface area contributed by atoms with Gasteiger partial charge in [0.05, 0.1) is 6.04 Å². The molecule has 1 unspecified atom stereocenters. The number of fused-ring (bicyclic) bond motifs is 1. The Bertz CT molecular complexity index is 573. The second-order valence-corrected chi connectivity index (χ2v) is 4.88. The Labute approximate surface area is 113 Å². The van der Waals surface area contributed by atoms with Crippen LogP contribution in [0.5, 0.6) is 0 Å². The van der Waals surface area contributed by atoms with Gasteiger partial charge in [-0.05, 0) is 17.7 Å². The standard InChI is InChI=1S/C16H18N2O/c1-2-15(19)18-12-11-17-10-6-9-14(17)16(18)13-7-4-3-5-8-13/h3-10,16H,2,11-12H2,1H3. The van der Waals surface area contributed by atoms with Crippen LogP contribution in [0.4, 0.5) is 0 Å². The van der Waals surface area contributed by atoms with E-state index >= 15 is 0 Å². The van der Waals surface area contributed by atoms with Crippen LogP contribution in [-0.4, -0.2) is 21.9 Å². The molecule has 19 heavy (non-hydrogen) atoms. The zero-order chi connectivity index (χ0) is 13.2. The van der Waals surface area contributed by atoms with Gasteiger partial charge in [-0.15, -0.1) is 0 Å². The van der Waals surface area contributed by atoms with Crippen LogP contribution in [0.15, 0.2) is 48.7 Å². The summed E-state index contributed by atoms with van der Waals surface area (Å²) >= 11 is 0. The fourth-order valence-electron chi connectivity index (χ4n) is 2.84. The van der Waals surface area contributed by atoms with Crippen LogP contribution in [0.25, 0.3) is 0 Å². The van der Waals surface area contributed by atoms with Gasteiger partial charge in [0, 0.05) is 31.4 Å². The molecule has 2 aromatic rings. The first kappa shape index (κ1) is 12.0. The summed E-state index contributed by atoms with van der Waals surface area (Å²) in [5, 5.41) is 0. The Morgan fingerprint density at radius 2 is 1.95 bits per heavy atom. The van der Waals surface area contributed by atoms with Crippen molar-refractivity contribution in [1.29, 1.82) is 0 Å². The molecule has 0 N–H and O–H groups in total. The number of nitrogens with zero attached hydrogens (tertiary/aromatic N) is 2. The highest BCUT2D eigenvalue weighted by atomic mass is 16.2. The summed E-state index contributed by atoms with van der Waals surface area (Å²) in [6.45, 7) is 3.60. The lowest BCUT2D eigenvalue weighted by Gasteiger charge is -2.37. The number of amides is 1. The summed E-state index contributed by atoms with van der Waals surface area (Å²) in [5.74, 6) is 0.223. The van der Waals surface area contributed by atoms with Crippen molar-refractivity contribution >= 4 is 5.91 Å². The molecule has 0 radical (unpaired) electrons. The Hall–Kier alpha value is -2.03.